The van der Waals surface area contributed by atoms with Gasteiger partial charge in [0.25, 0.3) is 0 Å². The molecule has 5 heteroatoms. The zero-order valence-electron chi connectivity index (χ0n) is 13.9. The number of carbonyl (C=O) groups is 1. The molecular weight excluding hydrogens is 300 g/mol. The van der Waals surface area contributed by atoms with E-state index in [0.29, 0.717) is 6.04 Å². The maximum absolute atomic E-state index is 12.6. The molecule has 1 atom stereocenters. The van der Waals surface area contributed by atoms with Crippen LogP contribution in [0.3, 0.4) is 0 Å². The Morgan fingerprint density at radius 3 is 2.67 bits per heavy atom. The van der Waals surface area contributed by atoms with Gasteiger partial charge >= 0.3 is 6.03 Å². The van der Waals surface area contributed by atoms with Crippen molar-refractivity contribution >= 4 is 6.03 Å². The van der Waals surface area contributed by atoms with Crippen LogP contribution in [0.15, 0.2) is 43.0 Å². The van der Waals surface area contributed by atoms with E-state index in [2.05, 4.69) is 39.1 Å². The first-order valence-electron chi connectivity index (χ1n) is 8.89. The summed E-state index contributed by atoms with van der Waals surface area (Å²) in [7, 11) is 0. The fraction of sp³-hybridized carbons (Fsp3) is 0.474. The summed E-state index contributed by atoms with van der Waals surface area (Å²) >= 11 is 0. The Labute approximate surface area is 142 Å². The Morgan fingerprint density at radius 1 is 1.12 bits per heavy atom. The second-order valence-corrected chi connectivity index (χ2v) is 6.89. The van der Waals surface area contributed by atoms with Crippen LogP contribution in [0.2, 0.25) is 0 Å². The maximum Gasteiger partial charge on any atom is 0.317 e. The third-order valence-electron chi connectivity index (χ3n) is 5.37. The quantitative estimate of drug-likeness (QED) is 0.923. The highest BCUT2D eigenvalue weighted by Gasteiger charge is 2.26. The normalized spacial score (nSPS) is 21.3. The zero-order valence-corrected chi connectivity index (χ0v) is 13.9. The van der Waals surface area contributed by atoms with Crippen LogP contribution in [0, 0.1) is 0 Å². The summed E-state index contributed by atoms with van der Waals surface area (Å²) in [6.07, 6.45) is 10.7. The van der Waals surface area contributed by atoms with Crippen LogP contribution >= 0.6 is 0 Å². The average molecular weight is 324 g/mol. The van der Waals surface area contributed by atoms with E-state index >= 15 is 0 Å². The van der Waals surface area contributed by atoms with Crippen molar-refractivity contribution in [3.63, 3.8) is 0 Å². The standard InChI is InChI=1S/C19H24N4O/c24-19(21-17-6-5-15-3-1-2-4-16(15)13-17)22-10-7-18(8-11-22)23-12-9-20-14-23/h1-4,9,12,14,17-18H,5-8,10-11,13H2,(H,21,24)/t17-/m1/s1. The van der Waals surface area contributed by atoms with Crippen molar-refractivity contribution < 1.29 is 4.79 Å². The van der Waals surface area contributed by atoms with Crippen LogP contribution in [0.5, 0.6) is 0 Å². The number of piperidine rings is 1. The maximum atomic E-state index is 12.6. The van der Waals surface area contributed by atoms with Gasteiger partial charge in [0.15, 0.2) is 0 Å². The summed E-state index contributed by atoms with van der Waals surface area (Å²) in [6, 6.07) is 9.41. The summed E-state index contributed by atoms with van der Waals surface area (Å²) in [6.45, 7) is 1.63. The number of fused-ring (bicyclic) bond motifs is 1. The van der Waals surface area contributed by atoms with Gasteiger partial charge in [0.1, 0.15) is 0 Å². The number of urea groups is 1. The summed E-state index contributed by atoms with van der Waals surface area (Å²) in [4.78, 5) is 18.7. The molecule has 2 aliphatic rings. The minimum Gasteiger partial charge on any atom is -0.335 e. The molecule has 2 heterocycles. The van der Waals surface area contributed by atoms with Gasteiger partial charge < -0.3 is 14.8 Å². The van der Waals surface area contributed by atoms with E-state index < -0.39 is 0 Å². The lowest BCUT2D eigenvalue weighted by Crippen LogP contribution is -2.49. The van der Waals surface area contributed by atoms with Crippen molar-refractivity contribution in [1.82, 2.24) is 19.8 Å². The number of nitrogens with one attached hydrogen (secondary N) is 1. The van der Waals surface area contributed by atoms with Gasteiger partial charge in [-0.05, 0) is 43.2 Å². The molecule has 24 heavy (non-hydrogen) atoms. The largest absolute Gasteiger partial charge is 0.335 e. The smallest absolute Gasteiger partial charge is 0.317 e. The number of amides is 2. The first kappa shape index (κ1) is 15.2. The molecule has 1 aromatic carbocycles. The molecule has 0 unspecified atom stereocenters. The number of rotatable bonds is 2. The van der Waals surface area contributed by atoms with Crippen LogP contribution in [-0.4, -0.2) is 39.6 Å². The Morgan fingerprint density at radius 2 is 1.92 bits per heavy atom. The Bertz CT molecular complexity index is 689. The van der Waals surface area contributed by atoms with E-state index in [1.54, 1.807) is 0 Å². The summed E-state index contributed by atoms with van der Waals surface area (Å²) in [5.74, 6) is 0. The van der Waals surface area contributed by atoms with Gasteiger partial charge in [-0.25, -0.2) is 9.78 Å². The Hall–Kier alpha value is -2.30. The highest BCUT2D eigenvalue weighted by Crippen LogP contribution is 2.23. The van der Waals surface area contributed by atoms with Crippen LogP contribution in [-0.2, 0) is 12.8 Å². The fourth-order valence-corrected chi connectivity index (χ4v) is 3.94. The molecule has 1 aliphatic heterocycles. The van der Waals surface area contributed by atoms with E-state index in [0.717, 1.165) is 45.2 Å². The second kappa shape index (κ2) is 6.67. The van der Waals surface area contributed by atoms with Crippen molar-refractivity contribution in [1.29, 1.82) is 0 Å². The van der Waals surface area contributed by atoms with Gasteiger partial charge in [-0.15, -0.1) is 0 Å². The molecule has 2 amide bonds. The number of likely N-dealkylation sites (tertiary alicyclic amines) is 1. The summed E-state index contributed by atoms with van der Waals surface area (Å²) in [5, 5.41) is 3.25. The highest BCUT2D eigenvalue weighted by atomic mass is 16.2. The molecule has 0 radical (unpaired) electrons. The minimum absolute atomic E-state index is 0.100. The third kappa shape index (κ3) is 3.16. The van der Waals surface area contributed by atoms with Crippen molar-refractivity contribution in [2.24, 2.45) is 0 Å². The van der Waals surface area contributed by atoms with Crippen LogP contribution in [0.4, 0.5) is 4.79 Å². The number of benzene rings is 1. The molecule has 0 saturated carbocycles. The lowest BCUT2D eigenvalue weighted by molar-refractivity contribution is 0.167. The van der Waals surface area contributed by atoms with Crippen molar-refractivity contribution in [2.45, 2.75) is 44.2 Å². The van der Waals surface area contributed by atoms with Gasteiger partial charge in [0, 0.05) is 37.6 Å². The molecule has 1 saturated heterocycles. The number of aromatic nitrogens is 2. The Kier molecular flexibility index (Phi) is 4.24. The number of carbonyl (C=O) groups excluding carboxylic acids is 1. The molecule has 1 aromatic heterocycles. The van der Waals surface area contributed by atoms with E-state index in [9.17, 15) is 4.79 Å². The van der Waals surface area contributed by atoms with E-state index in [4.69, 9.17) is 0 Å². The average Bonchev–Trinajstić information content (AvgIpc) is 3.16. The molecule has 1 fully saturated rings. The van der Waals surface area contributed by atoms with Gasteiger partial charge in [-0.3, -0.25) is 0 Å². The third-order valence-corrected chi connectivity index (χ3v) is 5.37. The number of aryl methyl sites for hydroxylation is 1. The molecule has 0 bridgehead atoms. The predicted octanol–water partition coefficient (Wildman–Crippen LogP) is 2.79. The number of nitrogens with zero attached hydrogens (tertiary/aromatic N) is 3. The van der Waals surface area contributed by atoms with Crippen molar-refractivity contribution in [3.8, 4) is 0 Å². The first-order valence-corrected chi connectivity index (χ1v) is 8.89. The zero-order chi connectivity index (χ0) is 16.4. The number of imidazole rings is 1. The molecule has 2 aromatic rings. The molecule has 126 valence electrons. The first-order chi connectivity index (χ1) is 11.8. The lowest BCUT2D eigenvalue weighted by atomic mass is 9.88. The Balaban J connectivity index is 1.30. The van der Waals surface area contributed by atoms with Gasteiger partial charge in [-0.2, -0.15) is 0 Å². The summed E-state index contributed by atoms with van der Waals surface area (Å²) < 4.78 is 2.16. The molecule has 1 aliphatic carbocycles. The number of hydrogen-bond acceptors (Lipinski definition) is 2. The van der Waals surface area contributed by atoms with Crippen molar-refractivity contribution in [2.75, 3.05) is 13.1 Å². The molecule has 1 N–H and O–H groups in total. The predicted molar refractivity (Wildman–Crippen MR) is 92.9 cm³/mol. The van der Waals surface area contributed by atoms with Crippen LogP contribution in [0.1, 0.15) is 36.4 Å². The van der Waals surface area contributed by atoms with Gasteiger partial charge in [0.2, 0.25) is 0 Å². The molecule has 0 spiro atoms. The van der Waals surface area contributed by atoms with E-state index in [1.165, 1.54) is 11.1 Å². The highest BCUT2D eigenvalue weighted by molar-refractivity contribution is 5.74. The SMILES string of the molecule is O=C(N[C@@H]1CCc2ccccc2C1)N1CCC(n2ccnc2)CC1. The van der Waals surface area contributed by atoms with Crippen LogP contribution in [0.25, 0.3) is 0 Å². The molecule has 4 rings (SSSR count). The lowest BCUT2D eigenvalue weighted by Gasteiger charge is -2.34. The van der Waals surface area contributed by atoms with Crippen LogP contribution < -0.4 is 5.32 Å². The number of hydrogen-bond donors (Lipinski definition) is 1. The van der Waals surface area contributed by atoms with Gasteiger partial charge in [0.05, 0.1) is 6.33 Å². The molecular formula is C19H24N4O. The van der Waals surface area contributed by atoms with Gasteiger partial charge in [-0.1, -0.05) is 24.3 Å². The summed E-state index contributed by atoms with van der Waals surface area (Å²) in [5.41, 5.74) is 2.82. The minimum atomic E-state index is 0.100. The van der Waals surface area contributed by atoms with E-state index in [-0.39, 0.29) is 12.1 Å². The monoisotopic (exact) mass is 324 g/mol. The molecule has 5 nitrogen and oxygen atoms in total. The second-order valence-electron chi connectivity index (χ2n) is 6.89. The fourth-order valence-electron chi connectivity index (χ4n) is 3.94. The topological polar surface area (TPSA) is 50.2 Å². The van der Waals surface area contributed by atoms with Crippen molar-refractivity contribution in [3.05, 3.63) is 54.1 Å². The van der Waals surface area contributed by atoms with E-state index in [1.807, 2.05) is 23.6 Å².